The van der Waals surface area contributed by atoms with Gasteiger partial charge in [0.15, 0.2) is 0 Å². The average molecular weight is 314 g/mol. The summed E-state index contributed by atoms with van der Waals surface area (Å²) in [5.74, 6) is 0.528. The zero-order valence-corrected chi connectivity index (χ0v) is 13.9. The summed E-state index contributed by atoms with van der Waals surface area (Å²) in [5, 5.41) is 3.91. The monoisotopic (exact) mass is 314 g/mol. The van der Waals surface area contributed by atoms with Crippen molar-refractivity contribution in [2.24, 2.45) is 0 Å². The highest BCUT2D eigenvalue weighted by Gasteiger charge is 2.39. The highest BCUT2D eigenvalue weighted by Crippen LogP contribution is 2.32. The highest BCUT2D eigenvalue weighted by molar-refractivity contribution is 5.96. The van der Waals surface area contributed by atoms with Gasteiger partial charge in [-0.15, -0.1) is 0 Å². The van der Waals surface area contributed by atoms with Crippen molar-refractivity contribution < 1.29 is 14.1 Å². The van der Waals surface area contributed by atoms with Crippen molar-refractivity contribution in [3.05, 3.63) is 52.9 Å². The van der Waals surface area contributed by atoms with Gasteiger partial charge in [-0.25, -0.2) is 0 Å². The minimum atomic E-state index is -0.128. The van der Waals surface area contributed by atoms with Gasteiger partial charge in [-0.1, -0.05) is 35.5 Å². The number of amides is 1. The molecule has 122 valence electrons. The Bertz CT molecular complexity index is 676. The van der Waals surface area contributed by atoms with Crippen LogP contribution in [0.1, 0.15) is 47.3 Å². The first-order valence-corrected chi connectivity index (χ1v) is 7.92. The summed E-state index contributed by atoms with van der Waals surface area (Å²) in [6.07, 6.45) is -0.128. The molecule has 3 rings (SSSR count). The lowest BCUT2D eigenvalue weighted by atomic mass is 9.97. The van der Waals surface area contributed by atoms with E-state index in [0.29, 0.717) is 23.6 Å². The molecule has 1 amide bonds. The zero-order chi connectivity index (χ0) is 16.6. The first kappa shape index (κ1) is 15.7. The molecule has 1 aromatic heterocycles. The fraction of sp³-hybridized carbons (Fsp3) is 0.444. The van der Waals surface area contributed by atoms with E-state index in [1.165, 1.54) is 0 Å². The van der Waals surface area contributed by atoms with Crippen LogP contribution in [0.2, 0.25) is 0 Å². The topological polar surface area (TPSA) is 55.6 Å². The van der Waals surface area contributed by atoms with Gasteiger partial charge in [0.05, 0.1) is 24.4 Å². The third-order valence-corrected chi connectivity index (χ3v) is 4.48. The Hall–Kier alpha value is -2.14. The van der Waals surface area contributed by atoms with Crippen LogP contribution < -0.4 is 0 Å². The number of carbonyl (C=O) groups is 1. The molecule has 0 unspecified atom stereocenters. The van der Waals surface area contributed by atoms with E-state index < -0.39 is 0 Å². The molecule has 1 saturated heterocycles. The minimum absolute atomic E-state index is 0.00571. The summed E-state index contributed by atoms with van der Waals surface area (Å²) >= 11 is 0. The van der Waals surface area contributed by atoms with Gasteiger partial charge in [0.25, 0.3) is 5.91 Å². The Morgan fingerprint density at radius 3 is 2.52 bits per heavy atom. The number of morpholine rings is 1. The number of carbonyl (C=O) groups excluding carboxylic acids is 1. The van der Waals surface area contributed by atoms with Crippen LogP contribution in [-0.4, -0.2) is 34.7 Å². The number of rotatable bonds is 2. The van der Waals surface area contributed by atoms with Crippen LogP contribution in [0, 0.1) is 13.8 Å². The van der Waals surface area contributed by atoms with Crippen molar-refractivity contribution in [1.82, 2.24) is 10.1 Å². The van der Waals surface area contributed by atoms with Gasteiger partial charge in [-0.3, -0.25) is 4.79 Å². The summed E-state index contributed by atoms with van der Waals surface area (Å²) in [5.41, 5.74) is 2.29. The molecule has 1 aliphatic heterocycles. The lowest BCUT2D eigenvalue weighted by Gasteiger charge is -2.43. The van der Waals surface area contributed by atoms with E-state index in [9.17, 15) is 4.79 Å². The van der Waals surface area contributed by atoms with Crippen LogP contribution in [0.4, 0.5) is 0 Å². The lowest BCUT2D eigenvalue weighted by molar-refractivity contribution is -0.0806. The molecule has 1 aromatic carbocycles. The molecular weight excluding hydrogens is 292 g/mol. The summed E-state index contributed by atoms with van der Waals surface area (Å²) in [6.45, 7) is 8.13. The molecule has 5 heteroatoms. The third-order valence-electron chi connectivity index (χ3n) is 4.48. The number of ether oxygens (including phenoxy) is 1. The number of hydrogen-bond acceptors (Lipinski definition) is 4. The first-order valence-electron chi connectivity index (χ1n) is 7.92. The van der Waals surface area contributed by atoms with Gasteiger partial charge >= 0.3 is 0 Å². The molecule has 2 heterocycles. The predicted molar refractivity (Wildman–Crippen MR) is 86.2 cm³/mol. The van der Waals surface area contributed by atoms with E-state index in [1.807, 2.05) is 49.1 Å². The maximum Gasteiger partial charge on any atom is 0.260 e. The van der Waals surface area contributed by atoms with Crippen molar-refractivity contribution in [3.8, 4) is 0 Å². The third kappa shape index (κ3) is 2.77. The Morgan fingerprint density at radius 2 is 1.91 bits per heavy atom. The number of aryl methyl sites for hydroxylation is 2. The molecule has 0 radical (unpaired) electrons. The number of benzene rings is 1. The molecular formula is C18H22N2O3. The minimum Gasteiger partial charge on any atom is -0.369 e. The van der Waals surface area contributed by atoms with E-state index in [-0.39, 0.29) is 24.1 Å². The van der Waals surface area contributed by atoms with Crippen molar-refractivity contribution in [2.75, 3.05) is 6.61 Å². The Kier molecular flexibility index (Phi) is 4.22. The maximum atomic E-state index is 13.1. The molecule has 3 atom stereocenters. The van der Waals surface area contributed by atoms with Crippen LogP contribution in [0.3, 0.4) is 0 Å². The quantitative estimate of drug-likeness (QED) is 0.853. The average Bonchev–Trinajstić information content (AvgIpc) is 2.87. The normalized spacial score (nSPS) is 24.7. The summed E-state index contributed by atoms with van der Waals surface area (Å²) in [7, 11) is 0. The molecule has 0 spiro atoms. The Balaban J connectivity index is 1.92. The van der Waals surface area contributed by atoms with Gasteiger partial charge in [0.2, 0.25) is 0 Å². The number of nitrogens with zero attached hydrogens (tertiary/aromatic N) is 2. The predicted octanol–water partition coefficient (Wildman–Crippen LogP) is 3.28. The van der Waals surface area contributed by atoms with Crippen LogP contribution >= 0.6 is 0 Å². The van der Waals surface area contributed by atoms with Crippen LogP contribution in [0.5, 0.6) is 0 Å². The summed E-state index contributed by atoms with van der Waals surface area (Å²) in [4.78, 5) is 15.0. The second-order valence-corrected chi connectivity index (χ2v) is 6.17. The summed E-state index contributed by atoms with van der Waals surface area (Å²) < 4.78 is 11.2. The molecule has 2 aromatic rings. The van der Waals surface area contributed by atoms with Gasteiger partial charge in [0.1, 0.15) is 17.4 Å². The largest absolute Gasteiger partial charge is 0.369 e. The van der Waals surface area contributed by atoms with Gasteiger partial charge in [-0.2, -0.15) is 0 Å². The molecule has 0 saturated carbocycles. The molecule has 1 aliphatic rings. The number of aromatic nitrogens is 1. The van der Waals surface area contributed by atoms with Crippen LogP contribution in [0.25, 0.3) is 0 Å². The van der Waals surface area contributed by atoms with Gasteiger partial charge in [0, 0.05) is 0 Å². The molecule has 5 nitrogen and oxygen atoms in total. The van der Waals surface area contributed by atoms with Gasteiger partial charge < -0.3 is 14.2 Å². The molecule has 0 N–H and O–H groups in total. The number of hydrogen-bond donors (Lipinski definition) is 0. The van der Waals surface area contributed by atoms with Crippen molar-refractivity contribution in [2.45, 2.75) is 45.9 Å². The molecule has 0 bridgehead atoms. The fourth-order valence-electron chi connectivity index (χ4n) is 3.33. The Labute approximate surface area is 136 Å². The fourth-order valence-corrected chi connectivity index (χ4v) is 3.33. The standard InChI is InChI=1S/C18H22N2O3/c1-11-10-22-17(15-8-6-5-7-9-15)13(3)20(11)18(21)16-12(2)19-23-14(16)4/h5-9,11,13,17H,10H2,1-4H3/t11-,13-,17+/m1/s1. The second kappa shape index (κ2) is 6.16. The molecule has 0 aliphatic carbocycles. The smallest absolute Gasteiger partial charge is 0.260 e. The van der Waals surface area contributed by atoms with Crippen molar-refractivity contribution in [1.29, 1.82) is 0 Å². The van der Waals surface area contributed by atoms with Gasteiger partial charge in [-0.05, 0) is 33.3 Å². The molecule has 23 heavy (non-hydrogen) atoms. The SMILES string of the molecule is Cc1noc(C)c1C(=O)N1[C@H](C)CO[C@H](c2ccccc2)[C@H]1C. The van der Waals surface area contributed by atoms with E-state index in [1.54, 1.807) is 13.8 Å². The first-order chi connectivity index (χ1) is 11.0. The summed E-state index contributed by atoms with van der Waals surface area (Å²) in [6, 6.07) is 9.97. The van der Waals surface area contributed by atoms with E-state index in [0.717, 1.165) is 5.56 Å². The Morgan fingerprint density at radius 1 is 1.22 bits per heavy atom. The van der Waals surface area contributed by atoms with Crippen molar-refractivity contribution >= 4 is 5.91 Å². The van der Waals surface area contributed by atoms with Crippen molar-refractivity contribution in [3.63, 3.8) is 0 Å². The maximum absolute atomic E-state index is 13.1. The lowest BCUT2D eigenvalue weighted by Crippen LogP contribution is -2.53. The van der Waals surface area contributed by atoms with E-state index in [2.05, 4.69) is 5.16 Å². The van der Waals surface area contributed by atoms with Crippen LogP contribution in [0.15, 0.2) is 34.9 Å². The second-order valence-electron chi connectivity index (χ2n) is 6.17. The van der Waals surface area contributed by atoms with Crippen LogP contribution in [-0.2, 0) is 4.74 Å². The highest BCUT2D eigenvalue weighted by atomic mass is 16.5. The molecule has 1 fully saturated rings. The zero-order valence-electron chi connectivity index (χ0n) is 13.9. The van der Waals surface area contributed by atoms with E-state index in [4.69, 9.17) is 9.26 Å². The van der Waals surface area contributed by atoms with E-state index >= 15 is 0 Å².